The number of hydrogen-bond donors (Lipinski definition) is 2. The van der Waals surface area contributed by atoms with Crippen molar-refractivity contribution in [3.63, 3.8) is 0 Å². The number of halogens is 4. The molecule has 37 heavy (non-hydrogen) atoms. The number of likely N-dealkylation sites (tertiary alicyclic amines) is 2. The zero-order chi connectivity index (χ0) is 25.8. The second-order valence-electron chi connectivity index (χ2n) is 12.5. The number of aliphatic hydroxyl groups is 1. The van der Waals surface area contributed by atoms with Crippen LogP contribution in [0.3, 0.4) is 0 Å². The highest BCUT2D eigenvalue weighted by Crippen LogP contribution is 2.57. The van der Waals surface area contributed by atoms with E-state index in [0.29, 0.717) is 55.7 Å². The molecule has 3 saturated carbocycles. The second-order valence-corrected chi connectivity index (χ2v) is 12.5. The van der Waals surface area contributed by atoms with Crippen LogP contribution in [0.5, 0.6) is 0 Å². The number of carbonyl (C=O) groups is 1. The molecule has 2 N–H and O–H groups in total. The van der Waals surface area contributed by atoms with Crippen LogP contribution in [-0.2, 0) is 18.2 Å². The number of carbonyl (C=O) groups excluding carboxylic acids is 1. The first kappa shape index (κ1) is 23.4. The van der Waals surface area contributed by atoms with Gasteiger partial charge in [0.25, 0.3) is 0 Å². The molecule has 2 spiro atoms. The van der Waals surface area contributed by atoms with E-state index < -0.39 is 23.2 Å². The summed E-state index contributed by atoms with van der Waals surface area (Å²) in [6.45, 7) is 2.88. The number of nitrogens with zero attached hydrogens (tertiary/aromatic N) is 4. The summed E-state index contributed by atoms with van der Waals surface area (Å²) < 4.78 is 52.6. The lowest BCUT2D eigenvalue weighted by Crippen LogP contribution is -2.70. The van der Waals surface area contributed by atoms with Crippen molar-refractivity contribution < 1.29 is 27.5 Å². The number of benzene rings is 1. The molecule has 0 radical (unpaired) electrons. The molecule has 2 saturated heterocycles. The third-order valence-corrected chi connectivity index (χ3v) is 9.29. The van der Waals surface area contributed by atoms with Crippen molar-refractivity contribution in [3.05, 3.63) is 46.8 Å². The van der Waals surface area contributed by atoms with Gasteiger partial charge in [-0.2, -0.15) is 18.3 Å². The van der Waals surface area contributed by atoms with Gasteiger partial charge in [0.1, 0.15) is 17.2 Å². The fraction of sp³-hybridized carbons (Fsp3) is 0.654. The topological polar surface area (TPSA) is 85.3 Å². The fourth-order valence-corrected chi connectivity index (χ4v) is 7.27. The molecule has 0 unspecified atom stereocenters. The van der Waals surface area contributed by atoms with Gasteiger partial charge in [0.15, 0.2) is 5.82 Å². The minimum atomic E-state index is -4.55. The standard InChI is InChI=1S/C26H29F4N5O2/c27-19-5-15(4-18(6-19)26(28,29)30)3-16-7-23(8-16)11-34(12-23)22(36)35-13-24(14-35)9-17(10-24)20-31-21(33-32-20)25(37)1-2-25/h4-6,16-17,37H,1-3,7-14H2,(H,31,32,33). The van der Waals surface area contributed by atoms with Crippen LogP contribution in [0.2, 0.25) is 0 Å². The van der Waals surface area contributed by atoms with Crippen LogP contribution < -0.4 is 0 Å². The van der Waals surface area contributed by atoms with Gasteiger partial charge in [-0.05, 0) is 74.6 Å². The molecule has 7 nitrogen and oxygen atoms in total. The van der Waals surface area contributed by atoms with Gasteiger partial charge < -0.3 is 14.9 Å². The number of alkyl halides is 3. The van der Waals surface area contributed by atoms with Gasteiger partial charge in [-0.15, -0.1) is 0 Å². The van der Waals surface area contributed by atoms with Crippen LogP contribution in [0, 0.1) is 22.6 Å². The van der Waals surface area contributed by atoms with Crippen molar-refractivity contribution in [1.29, 1.82) is 0 Å². The van der Waals surface area contributed by atoms with E-state index in [-0.39, 0.29) is 22.8 Å². The molecule has 2 aliphatic heterocycles. The lowest BCUT2D eigenvalue weighted by atomic mass is 9.56. The Labute approximate surface area is 211 Å². The van der Waals surface area contributed by atoms with Gasteiger partial charge in [0.05, 0.1) is 5.56 Å². The van der Waals surface area contributed by atoms with E-state index in [2.05, 4.69) is 15.2 Å². The first-order valence-electron chi connectivity index (χ1n) is 13.0. The van der Waals surface area contributed by atoms with Crippen molar-refractivity contribution >= 4 is 6.03 Å². The summed E-state index contributed by atoms with van der Waals surface area (Å²) in [5.41, 5.74) is -1.16. The summed E-state index contributed by atoms with van der Waals surface area (Å²) in [5.74, 6) is 0.997. The Morgan fingerprint density at radius 3 is 2.24 bits per heavy atom. The molecule has 3 heterocycles. The Bertz CT molecular complexity index is 1240. The quantitative estimate of drug-likeness (QED) is 0.593. The lowest BCUT2D eigenvalue weighted by Gasteiger charge is -2.63. The van der Waals surface area contributed by atoms with Crippen LogP contribution in [0.25, 0.3) is 0 Å². The normalized spacial score (nSPS) is 25.4. The molecule has 0 bridgehead atoms. The van der Waals surface area contributed by atoms with Crippen LogP contribution in [0.1, 0.15) is 67.2 Å². The highest BCUT2D eigenvalue weighted by Gasteiger charge is 2.59. The maximum atomic E-state index is 13.7. The Balaban J connectivity index is 0.858. The molecular weight excluding hydrogens is 490 g/mol. The van der Waals surface area contributed by atoms with Crippen molar-refractivity contribution in [2.24, 2.45) is 16.7 Å². The van der Waals surface area contributed by atoms with E-state index in [0.717, 1.165) is 50.7 Å². The first-order chi connectivity index (χ1) is 17.4. The maximum absolute atomic E-state index is 13.7. The highest BCUT2D eigenvalue weighted by molar-refractivity contribution is 5.77. The SMILES string of the molecule is O=C(N1CC2(CC(Cc3cc(F)cc(C(F)(F)F)c3)C2)C1)N1CC2(CC(c3nc(C4(O)CC4)n[nH]3)C2)C1. The summed E-state index contributed by atoms with van der Waals surface area (Å²) in [6, 6.07) is 2.85. The molecule has 5 fully saturated rings. The van der Waals surface area contributed by atoms with E-state index in [1.807, 2.05) is 9.80 Å². The summed E-state index contributed by atoms with van der Waals surface area (Å²) in [7, 11) is 0. The van der Waals surface area contributed by atoms with Crippen LogP contribution in [0.4, 0.5) is 22.4 Å². The van der Waals surface area contributed by atoms with Gasteiger partial charge in [-0.1, -0.05) is 0 Å². The summed E-state index contributed by atoms with van der Waals surface area (Å²) >= 11 is 0. The van der Waals surface area contributed by atoms with E-state index >= 15 is 0 Å². The van der Waals surface area contributed by atoms with E-state index in [1.165, 1.54) is 6.07 Å². The lowest BCUT2D eigenvalue weighted by molar-refractivity contribution is -0.137. The van der Waals surface area contributed by atoms with Gasteiger partial charge in [-0.3, -0.25) is 5.10 Å². The van der Waals surface area contributed by atoms with Crippen molar-refractivity contribution in [2.75, 3.05) is 26.2 Å². The third-order valence-electron chi connectivity index (χ3n) is 9.29. The molecule has 0 atom stereocenters. The monoisotopic (exact) mass is 519 g/mol. The molecule has 2 aromatic rings. The molecule has 11 heteroatoms. The molecule has 3 aliphatic carbocycles. The number of urea groups is 1. The first-order valence-corrected chi connectivity index (χ1v) is 13.0. The predicted molar refractivity (Wildman–Crippen MR) is 123 cm³/mol. The number of aromatic amines is 1. The maximum Gasteiger partial charge on any atom is 0.416 e. The number of aromatic nitrogens is 3. The largest absolute Gasteiger partial charge is 0.416 e. The van der Waals surface area contributed by atoms with Crippen molar-refractivity contribution in [3.8, 4) is 0 Å². The summed E-state index contributed by atoms with van der Waals surface area (Å²) in [5, 5.41) is 17.3. The Kier molecular flexibility index (Phi) is 4.72. The van der Waals surface area contributed by atoms with Gasteiger partial charge in [-0.25, -0.2) is 14.2 Å². The molecule has 2 amide bonds. The van der Waals surface area contributed by atoms with Crippen LogP contribution in [-0.4, -0.2) is 62.3 Å². The van der Waals surface area contributed by atoms with Gasteiger partial charge >= 0.3 is 12.2 Å². The molecule has 198 valence electrons. The zero-order valence-electron chi connectivity index (χ0n) is 20.3. The highest BCUT2D eigenvalue weighted by atomic mass is 19.4. The van der Waals surface area contributed by atoms with E-state index in [4.69, 9.17) is 0 Å². The smallest absolute Gasteiger partial charge is 0.382 e. The number of rotatable bonds is 4. The summed E-state index contributed by atoms with van der Waals surface area (Å²) in [4.78, 5) is 21.2. The molecule has 1 aromatic carbocycles. The molecule has 5 aliphatic rings. The Hall–Kier alpha value is -2.69. The molecule has 7 rings (SSSR count). The van der Waals surface area contributed by atoms with Crippen molar-refractivity contribution in [1.82, 2.24) is 25.0 Å². The van der Waals surface area contributed by atoms with E-state index in [1.54, 1.807) is 0 Å². The third kappa shape index (κ3) is 3.92. The van der Waals surface area contributed by atoms with Crippen LogP contribution in [0.15, 0.2) is 18.2 Å². The second kappa shape index (κ2) is 7.45. The fourth-order valence-electron chi connectivity index (χ4n) is 7.27. The van der Waals surface area contributed by atoms with Gasteiger partial charge in [0.2, 0.25) is 0 Å². The summed E-state index contributed by atoms with van der Waals surface area (Å²) in [6.07, 6.45) is 0.939. The zero-order valence-corrected chi connectivity index (χ0v) is 20.3. The Morgan fingerprint density at radius 2 is 1.65 bits per heavy atom. The molecular formula is C26H29F4N5O2. The number of amides is 2. The van der Waals surface area contributed by atoms with E-state index in [9.17, 15) is 27.5 Å². The van der Waals surface area contributed by atoms with Crippen molar-refractivity contribution in [2.45, 2.75) is 62.6 Å². The Morgan fingerprint density at radius 1 is 1.03 bits per heavy atom. The molecule has 1 aromatic heterocycles. The van der Waals surface area contributed by atoms with Gasteiger partial charge in [0, 0.05) is 42.9 Å². The minimum absolute atomic E-state index is 0.0697. The average Bonchev–Trinajstić information content (AvgIpc) is 3.26. The number of hydrogen-bond acceptors (Lipinski definition) is 4. The number of nitrogens with one attached hydrogen (secondary N) is 1. The average molecular weight is 520 g/mol. The number of H-pyrrole nitrogens is 1. The minimum Gasteiger partial charge on any atom is -0.382 e. The predicted octanol–water partition coefficient (Wildman–Crippen LogP) is 4.20. The van der Waals surface area contributed by atoms with Crippen LogP contribution >= 0.6 is 0 Å².